The molecule has 0 fully saturated rings. The molecule has 0 atom stereocenters. The van der Waals surface area contributed by atoms with E-state index in [0.29, 0.717) is 39.2 Å². The van der Waals surface area contributed by atoms with Crippen LogP contribution < -0.4 is 5.32 Å². The quantitative estimate of drug-likeness (QED) is 0.498. The second kappa shape index (κ2) is 13.4. The van der Waals surface area contributed by atoms with E-state index in [0.717, 1.165) is 19.3 Å². The number of ether oxygens (including phenoxy) is 2. The van der Waals surface area contributed by atoms with Crippen LogP contribution in [-0.4, -0.2) is 51.1 Å². The molecule has 0 aromatic heterocycles. The molecule has 5 heteroatoms. The molecule has 0 spiro atoms. The van der Waals surface area contributed by atoms with Crippen LogP contribution in [0.5, 0.6) is 0 Å². The van der Waals surface area contributed by atoms with E-state index in [4.69, 9.17) is 14.6 Å². The molecule has 0 saturated heterocycles. The van der Waals surface area contributed by atoms with Crippen molar-refractivity contribution in [3.8, 4) is 0 Å². The summed E-state index contributed by atoms with van der Waals surface area (Å²) in [6, 6.07) is 0. The Morgan fingerprint density at radius 1 is 1.12 bits per heavy atom. The van der Waals surface area contributed by atoms with E-state index in [9.17, 15) is 4.79 Å². The van der Waals surface area contributed by atoms with Crippen LogP contribution in [0.15, 0.2) is 0 Å². The highest BCUT2D eigenvalue weighted by atomic mass is 16.5. The number of amides is 1. The van der Waals surface area contributed by atoms with Gasteiger partial charge in [-0.2, -0.15) is 0 Å². The van der Waals surface area contributed by atoms with Crippen LogP contribution in [0.1, 0.15) is 32.1 Å². The Bertz CT molecular complexity index is 176. The number of hydrogen-bond donors (Lipinski definition) is 2. The number of carbonyl (C=O) groups is 1. The number of methoxy groups -OCH3 is 1. The molecule has 0 aliphatic heterocycles. The van der Waals surface area contributed by atoms with Crippen LogP contribution in [0, 0.1) is 0 Å². The van der Waals surface area contributed by atoms with Crippen LogP contribution in [0.25, 0.3) is 0 Å². The topological polar surface area (TPSA) is 67.8 Å². The summed E-state index contributed by atoms with van der Waals surface area (Å²) in [4.78, 5) is 11.3. The van der Waals surface area contributed by atoms with Gasteiger partial charge in [-0.15, -0.1) is 0 Å². The molecule has 2 N–H and O–H groups in total. The Morgan fingerprint density at radius 2 is 1.94 bits per heavy atom. The van der Waals surface area contributed by atoms with Gasteiger partial charge in [-0.1, -0.05) is 0 Å². The molecular formula is C12H25NO4. The molecule has 0 radical (unpaired) electrons. The number of hydrogen-bond acceptors (Lipinski definition) is 4. The summed E-state index contributed by atoms with van der Waals surface area (Å²) in [5.74, 6) is 0.0683. The predicted octanol–water partition coefficient (Wildman–Crippen LogP) is 0.708. The molecule has 0 aliphatic carbocycles. The number of carbonyl (C=O) groups excluding carboxylic acids is 1. The Morgan fingerprint density at radius 3 is 2.65 bits per heavy atom. The summed E-state index contributed by atoms with van der Waals surface area (Å²) >= 11 is 0. The van der Waals surface area contributed by atoms with Crippen LogP contribution >= 0.6 is 0 Å². The van der Waals surface area contributed by atoms with Gasteiger partial charge in [0.2, 0.25) is 5.91 Å². The Balaban J connectivity index is 3.08. The standard InChI is InChI=1S/C12H25NO4/c1-16-10-11-17-9-5-3-7-13-12(15)6-2-4-8-14/h14H,2-11H2,1H3,(H,13,15). The van der Waals surface area contributed by atoms with Crippen molar-refractivity contribution >= 4 is 5.91 Å². The van der Waals surface area contributed by atoms with Crippen molar-refractivity contribution < 1.29 is 19.4 Å². The predicted molar refractivity (Wildman–Crippen MR) is 65.9 cm³/mol. The normalized spacial score (nSPS) is 10.5. The average molecular weight is 247 g/mol. The summed E-state index contributed by atoms with van der Waals surface area (Å²) in [5, 5.41) is 11.4. The zero-order valence-corrected chi connectivity index (χ0v) is 10.7. The van der Waals surface area contributed by atoms with Gasteiger partial charge in [0, 0.05) is 33.3 Å². The molecule has 0 unspecified atom stereocenters. The lowest BCUT2D eigenvalue weighted by molar-refractivity contribution is -0.121. The SMILES string of the molecule is COCCOCCCCNC(=O)CCCCO. The summed E-state index contributed by atoms with van der Waals surface area (Å²) in [6.45, 7) is 2.83. The fraction of sp³-hybridized carbons (Fsp3) is 0.917. The smallest absolute Gasteiger partial charge is 0.219 e. The molecular weight excluding hydrogens is 222 g/mol. The first kappa shape index (κ1) is 16.4. The van der Waals surface area contributed by atoms with E-state index in [-0.39, 0.29) is 12.5 Å². The lowest BCUT2D eigenvalue weighted by Crippen LogP contribution is -2.24. The average Bonchev–Trinajstić information content (AvgIpc) is 2.33. The second-order valence-electron chi connectivity index (χ2n) is 3.84. The Labute approximate surface area is 103 Å². The lowest BCUT2D eigenvalue weighted by atomic mass is 10.2. The molecule has 0 aromatic carbocycles. The highest BCUT2D eigenvalue weighted by Crippen LogP contribution is 1.94. The van der Waals surface area contributed by atoms with Crippen molar-refractivity contribution in [1.29, 1.82) is 0 Å². The van der Waals surface area contributed by atoms with E-state index < -0.39 is 0 Å². The van der Waals surface area contributed by atoms with E-state index in [1.807, 2.05) is 0 Å². The summed E-state index contributed by atoms with van der Waals surface area (Å²) < 4.78 is 10.1. The number of aliphatic hydroxyl groups is 1. The first-order valence-electron chi connectivity index (χ1n) is 6.25. The summed E-state index contributed by atoms with van der Waals surface area (Å²) in [7, 11) is 1.65. The minimum atomic E-state index is 0.0683. The first-order valence-corrected chi connectivity index (χ1v) is 6.25. The van der Waals surface area contributed by atoms with Gasteiger partial charge in [0.05, 0.1) is 13.2 Å². The highest BCUT2D eigenvalue weighted by Gasteiger charge is 1.99. The van der Waals surface area contributed by atoms with Gasteiger partial charge in [0.1, 0.15) is 0 Å². The van der Waals surface area contributed by atoms with Gasteiger partial charge >= 0.3 is 0 Å². The largest absolute Gasteiger partial charge is 0.396 e. The fourth-order valence-corrected chi connectivity index (χ4v) is 1.29. The maximum atomic E-state index is 11.3. The fourth-order valence-electron chi connectivity index (χ4n) is 1.29. The van der Waals surface area contributed by atoms with Gasteiger partial charge in [0.25, 0.3) is 0 Å². The Kier molecular flexibility index (Phi) is 12.9. The maximum absolute atomic E-state index is 11.3. The van der Waals surface area contributed by atoms with Crippen LogP contribution in [0.4, 0.5) is 0 Å². The molecule has 0 aromatic rings. The van der Waals surface area contributed by atoms with Gasteiger partial charge in [-0.25, -0.2) is 0 Å². The maximum Gasteiger partial charge on any atom is 0.219 e. The number of aliphatic hydroxyl groups excluding tert-OH is 1. The lowest BCUT2D eigenvalue weighted by Gasteiger charge is -2.05. The van der Waals surface area contributed by atoms with Crippen LogP contribution in [0.2, 0.25) is 0 Å². The van der Waals surface area contributed by atoms with Crippen molar-refractivity contribution in [2.75, 3.05) is 40.1 Å². The third-order valence-corrected chi connectivity index (χ3v) is 2.28. The molecule has 102 valence electrons. The van der Waals surface area contributed by atoms with Crippen molar-refractivity contribution in [2.45, 2.75) is 32.1 Å². The molecule has 0 aliphatic rings. The third-order valence-electron chi connectivity index (χ3n) is 2.28. The summed E-state index contributed by atoms with van der Waals surface area (Å²) in [6.07, 6.45) is 3.83. The zero-order valence-electron chi connectivity index (χ0n) is 10.7. The molecule has 0 bridgehead atoms. The molecule has 17 heavy (non-hydrogen) atoms. The van der Waals surface area contributed by atoms with E-state index in [1.165, 1.54) is 0 Å². The third kappa shape index (κ3) is 13.3. The number of unbranched alkanes of at least 4 members (excludes halogenated alkanes) is 2. The monoisotopic (exact) mass is 247 g/mol. The van der Waals surface area contributed by atoms with Crippen molar-refractivity contribution in [2.24, 2.45) is 0 Å². The van der Waals surface area contributed by atoms with Crippen molar-refractivity contribution in [3.63, 3.8) is 0 Å². The Hall–Kier alpha value is -0.650. The van der Waals surface area contributed by atoms with Crippen molar-refractivity contribution in [1.82, 2.24) is 5.32 Å². The molecule has 1 amide bonds. The van der Waals surface area contributed by atoms with Crippen molar-refractivity contribution in [3.05, 3.63) is 0 Å². The number of nitrogens with one attached hydrogen (secondary N) is 1. The van der Waals surface area contributed by atoms with E-state index in [1.54, 1.807) is 7.11 Å². The van der Waals surface area contributed by atoms with E-state index in [2.05, 4.69) is 5.32 Å². The molecule has 0 rings (SSSR count). The molecule has 5 nitrogen and oxygen atoms in total. The van der Waals surface area contributed by atoms with Gasteiger partial charge in [0.15, 0.2) is 0 Å². The highest BCUT2D eigenvalue weighted by molar-refractivity contribution is 5.75. The van der Waals surface area contributed by atoms with Crippen LogP contribution in [-0.2, 0) is 14.3 Å². The minimum Gasteiger partial charge on any atom is -0.396 e. The van der Waals surface area contributed by atoms with Gasteiger partial charge in [-0.3, -0.25) is 4.79 Å². The molecule has 0 heterocycles. The number of rotatable bonds is 12. The van der Waals surface area contributed by atoms with E-state index >= 15 is 0 Å². The van der Waals surface area contributed by atoms with Gasteiger partial charge in [-0.05, 0) is 25.7 Å². The first-order chi connectivity index (χ1) is 8.31. The van der Waals surface area contributed by atoms with Crippen LogP contribution in [0.3, 0.4) is 0 Å². The zero-order chi connectivity index (χ0) is 12.8. The minimum absolute atomic E-state index is 0.0683. The second-order valence-corrected chi connectivity index (χ2v) is 3.84. The summed E-state index contributed by atoms with van der Waals surface area (Å²) in [5.41, 5.74) is 0. The van der Waals surface area contributed by atoms with Gasteiger partial charge < -0.3 is 19.9 Å². The molecule has 0 saturated carbocycles.